The highest BCUT2D eigenvalue weighted by atomic mass is 16.5. The highest BCUT2D eigenvalue weighted by molar-refractivity contribution is 5.78. The molecule has 0 radical (unpaired) electrons. The number of likely N-dealkylation sites (N-methyl/N-ethyl adjacent to an activating group) is 1. The third-order valence-corrected chi connectivity index (χ3v) is 4.55. The lowest BCUT2D eigenvalue weighted by molar-refractivity contribution is -0.122. The summed E-state index contributed by atoms with van der Waals surface area (Å²) in [6.07, 6.45) is 3.17. The molecular formula is C21H25N5O2. The van der Waals surface area contributed by atoms with Crippen molar-refractivity contribution in [3.05, 3.63) is 72.8 Å². The summed E-state index contributed by atoms with van der Waals surface area (Å²) in [6.45, 7) is 3.31. The van der Waals surface area contributed by atoms with Crippen molar-refractivity contribution in [2.75, 3.05) is 26.7 Å². The van der Waals surface area contributed by atoms with Crippen molar-refractivity contribution in [2.24, 2.45) is 0 Å². The van der Waals surface area contributed by atoms with E-state index in [0.717, 1.165) is 17.0 Å². The number of hydrogen-bond donors (Lipinski definition) is 1. The summed E-state index contributed by atoms with van der Waals surface area (Å²) in [6, 6.07) is 17.8. The van der Waals surface area contributed by atoms with Crippen LogP contribution in [0.1, 0.15) is 18.5 Å². The Morgan fingerprint density at radius 3 is 2.61 bits per heavy atom. The molecule has 3 rings (SSSR count). The zero-order valence-electron chi connectivity index (χ0n) is 16.2. The Balaban J connectivity index is 1.43. The van der Waals surface area contributed by atoms with Crippen molar-refractivity contribution >= 4 is 5.91 Å². The van der Waals surface area contributed by atoms with Crippen LogP contribution < -0.4 is 10.1 Å². The predicted molar refractivity (Wildman–Crippen MR) is 107 cm³/mol. The van der Waals surface area contributed by atoms with Gasteiger partial charge in [0.05, 0.1) is 18.8 Å². The van der Waals surface area contributed by atoms with Crippen molar-refractivity contribution in [3.8, 4) is 11.4 Å². The summed E-state index contributed by atoms with van der Waals surface area (Å²) < 4.78 is 7.29. The van der Waals surface area contributed by atoms with Crippen molar-refractivity contribution in [1.82, 2.24) is 25.0 Å². The van der Waals surface area contributed by atoms with Gasteiger partial charge in [-0.2, -0.15) is 5.10 Å². The molecule has 28 heavy (non-hydrogen) atoms. The smallest absolute Gasteiger partial charge is 0.234 e. The molecule has 7 heteroatoms. The van der Waals surface area contributed by atoms with Crippen LogP contribution >= 0.6 is 0 Å². The fourth-order valence-corrected chi connectivity index (χ4v) is 2.80. The Bertz CT molecular complexity index is 850. The van der Waals surface area contributed by atoms with Gasteiger partial charge in [-0.3, -0.25) is 9.69 Å². The normalized spacial score (nSPS) is 12.0. The third-order valence-electron chi connectivity index (χ3n) is 4.55. The molecule has 7 nitrogen and oxygen atoms in total. The van der Waals surface area contributed by atoms with Crippen LogP contribution in [0.4, 0.5) is 0 Å². The zero-order chi connectivity index (χ0) is 19.8. The molecule has 146 valence electrons. The molecule has 0 spiro atoms. The molecule has 1 unspecified atom stereocenters. The molecule has 1 atom stereocenters. The zero-order valence-corrected chi connectivity index (χ0v) is 16.2. The van der Waals surface area contributed by atoms with E-state index in [0.29, 0.717) is 19.7 Å². The van der Waals surface area contributed by atoms with Crippen molar-refractivity contribution < 1.29 is 9.53 Å². The summed E-state index contributed by atoms with van der Waals surface area (Å²) in [5.74, 6) is 0.780. The van der Waals surface area contributed by atoms with Gasteiger partial charge in [-0.05, 0) is 43.8 Å². The molecule has 1 amide bonds. The van der Waals surface area contributed by atoms with Crippen LogP contribution in [0.3, 0.4) is 0 Å². The number of ether oxygens (including phenoxy) is 1. The standard InChI is InChI=1S/C21H25N5O2/c1-17(18-8-10-19(11-9-18)26-16-22-15-24-26)25(2)14-21(27)23-12-13-28-20-6-4-3-5-7-20/h3-11,15-17H,12-14H2,1-2H3,(H,23,27). The molecule has 2 aromatic carbocycles. The van der Waals surface area contributed by atoms with Gasteiger partial charge >= 0.3 is 0 Å². The summed E-state index contributed by atoms with van der Waals surface area (Å²) in [5.41, 5.74) is 2.08. The number of carbonyl (C=O) groups excluding carboxylic acids is 1. The van der Waals surface area contributed by atoms with Crippen molar-refractivity contribution in [1.29, 1.82) is 0 Å². The number of nitrogens with one attached hydrogen (secondary N) is 1. The molecule has 0 saturated heterocycles. The Morgan fingerprint density at radius 2 is 1.93 bits per heavy atom. The first-order valence-electron chi connectivity index (χ1n) is 9.23. The first-order valence-corrected chi connectivity index (χ1v) is 9.23. The molecule has 0 fully saturated rings. The largest absolute Gasteiger partial charge is 0.492 e. The topological polar surface area (TPSA) is 72.3 Å². The number of rotatable bonds is 9. The van der Waals surface area contributed by atoms with Gasteiger partial charge in [0.25, 0.3) is 0 Å². The van der Waals surface area contributed by atoms with E-state index in [1.807, 2.05) is 66.5 Å². The molecule has 0 aliphatic rings. The fraction of sp³-hybridized carbons (Fsp3) is 0.286. The Hall–Kier alpha value is -3.19. The van der Waals surface area contributed by atoms with Crippen LogP contribution in [0.5, 0.6) is 5.75 Å². The predicted octanol–water partition coefficient (Wildman–Crippen LogP) is 2.46. The molecule has 0 aliphatic heterocycles. The van der Waals surface area contributed by atoms with Gasteiger partial charge in [-0.1, -0.05) is 30.3 Å². The van der Waals surface area contributed by atoms with Crippen LogP contribution in [0.15, 0.2) is 67.3 Å². The molecule has 0 bridgehead atoms. The van der Waals surface area contributed by atoms with Crippen LogP contribution in [0, 0.1) is 0 Å². The molecule has 0 aliphatic carbocycles. The molecule has 1 aromatic heterocycles. The summed E-state index contributed by atoms with van der Waals surface area (Å²) in [4.78, 5) is 18.2. The van der Waals surface area contributed by atoms with Gasteiger partial charge in [0.1, 0.15) is 25.0 Å². The second kappa shape index (κ2) is 9.66. The highest BCUT2D eigenvalue weighted by Gasteiger charge is 2.15. The first kappa shape index (κ1) is 19.6. The van der Waals surface area contributed by atoms with Gasteiger partial charge in [-0.25, -0.2) is 9.67 Å². The molecule has 0 saturated carbocycles. The number of carbonyl (C=O) groups is 1. The minimum atomic E-state index is -0.0229. The number of hydrogen-bond acceptors (Lipinski definition) is 5. The SMILES string of the molecule is CC(c1ccc(-n2cncn2)cc1)N(C)CC(=O)NCCOc1ccccc1. The molecule has 3 aromatic rings. The number of nitrogens with zero attached hydrogens (tertiary/aromatic N) is 4. The summed E-state index contributed by atoms with van der Waals surface area (Å²) >= 11 is 0. The Morgan fingerprint density at radius 1 is 1.18 bits per heavy atom. The maximum Gasteiger partial charge on any atom is 0.234 e. The van der Waals surface area contributed by atoms with Gasteiger partial charge < -0.3 is 10.1 Å². The lowest BCUT2D eigenvalue weighted by atomic mass is 10.1. The van der Waals surface area contributed by atoms with Crippen molar-refractivity contribution in [3.63, 3.8) is 0 Å². The van der Waals surface area contributed by atoms with Gasteiger partial charge in [0, 0.05) is 6.04 Å². The van der Waals surface area contributed by atoms with E-state index in [4.69, 9.17) is 4.74 Å². The number of aromatic nitrogens is 3. The molecular weight excluding hydrogens is 354 g/mol. The third kappa shape index (κ3) is 5.40. The second-order valence-corrected chi connectivity index (χ2v) is 6.53. The van der Waals surface area contributed by atoms with E-state index in [-0.39, 0.29) is 11.9 Å². The van der Waals surface area contributed by atoms with E-state index >= 15 is 0 Å². The van der Waals surface area contributed by atoms with Crippen LogP contribution in [0.25, 0.3) is 5.69 Å². The number of amides is 1. The molecule has 1 heterocycles. The van der Waals surface area contributed by atoms with Gasteiger partial charge in [0.2, 0.25) is 5.91 Å². The average Bonchev–Trinajstić information content (AvgIpc) is 3.26. The van der Waals surface area contributed by atoms with Gasteiger partial charge in [-0.15, -0.1) is 0 Å². The Kier molecular flexibility index (Phi) is 6.75. The Labute approximate surface area is 165 Å². The quantitative estimate of drug-likeness (QED) is 0.578. The number of para-hydroxylation sites is 1. The van der Waals surface area contributed by atoms with E-state index in [1.165, 1.54) is 6.33 Å². The lowest BCUT2D eigenvalue weighted by Gasteiger charge is -2.24. The fourth-order valence-electron chi connectivity index (χ4n) is 2.80. The van der Waals surface area contributed by atoms with Crippen LogP contribution in [0.2, 0.25) is 0 Å². The van der Waals surface area contributed by atoms with E-state index in [1.54, 1.807) is 11.0 Å². The summed E-state index contributed by atoms with van der Waals surface area (Å²) in [7, 11) is 1.94. The van der Waals surface area contributed by atoms with Crippen LogP contribution in [-0.2, 0) is 4.79 Å². The number of benzene rings is 2. The summed E-state index contributed by atoms with van der Waals surface area (Å²) in [5, 5.41) is 7.02. The highest BCUT2D eigenvalue weighted by Crippen LogP contribution is 2.19. The maximum atomic E-state index is 12.2. The average molecular weight is 379 g/mol. The maximum absolute atomic E-state index is 12.2. The minimum Gasteiger partial charge on any atom is -0.492 e. The van der Waals surface area contributed by atoms with Crippen LogP contribution in [-0.4, -0.2) is 52.3 Å². The van der Waals surface area contributed by atoms with E-state index in [2.05, 4.69) is 22.3 Å². The monoisotopic (exact) mass is 379 g/mol. The lowest BCUT2D eigenvalue weighted by Crippen LogP contribution is -2.38. The van der Waals surface area contributed by atoms with Gasteiger partial charge in [0.15, 0.2) is 0 Å². The van der Waals surface area contributed by atoms with E-state index < -0.39 is 0 Å². The van der Waals surface area contributed by atoms with Crippen molar-refractivity contribution in [2.45, 2.75) is 13.0 Å². The minimum absolute atomic E-state index is 0.0229. The second-order valence-electron chi connectivity index (χ2n) is 6.53. The molecule has 1 N–H and O–H groups in total. The first-order chi connectivity index (χ1) is 13.6. The van der Waals surface area contributed by atoms with E-state index in [9.17, 15) is 4.79 Å².